The molecule has 7 nitrogen and oxygen atoms in total. The van der Waals surface area contributed by atoms with Gasteiger partial charge in [0.15, 0.2) is 11.0 Å². The summed E-state index contributed by atoms with van der Waals surface area (Å²) in [5, 5.41) is 12.6. The van der Waals surface area contributed by atoms with Crippen LogP contribution >= 0.6 is 11.8 Å². The molecular formula is C19H22N4O3S. The van der Waals surface area contributed by atoms with Gasteiger partial charge in [-0.2, -0.15) is 0 Å². The lowest BCUT2D eigenvalue weighted by atomic mass is 10.1. The Morgan fingerprint density at radius 3 is 2.85 bits per heavy atom. The molecular weight excluding hydrogens is 364 g/mol. The van der Waals surface area contributed by atoms with Crippen LogP contribution in [0, 0.1) is 13.8 Å². The normalized spacial score (nSPS) is 10.8. The van der Waals surface area contributed by atoms with Gasteiger partial charge in [-0.15, -0.1) is 10.2 Å². The zero-order valence-corrected chi connectivity index (χ0v) is 16.4. The van der Waals surface area contributed by atoms with Gasteiger partial charge in [-0.05, 0) is 37.6 Å². The SMILES string of the molecule is COC(=O)CSc1nnc(CNc2ccc(C)cc2C)n1Cc1ccco1. The van der Waals surface area contributed by atoms with Crippen molar-refractivity contribution in [2.45, 2.75) is 32.1 Å². The molecule has 0 amide bonds. The Morgan fingerprint density at radius 2 is 2.15 bits per heavy atom. The molecule has 2 heterocycles. The highest BCUT2D eigenvalue weighted by Gasteiger charge is 2.16. The maximum absolute atomic E-state index is 11.5. The van der Waals surface area contributed by atoms with Crippen molar-refractivity contribution in [3.63, 3.8) is 0 Å². The molecule has 0 aliphatic carbocycles. The van der Waals surface area contributed by atoms with Crippen LogP contribution in [0.4, 0.5) is 5.69 Å². The number of nitrogens with one attached hydrogen (secondary N) is 1. The summed E-state index contributed by atoms with van der Waals surface area (Å²) in [4.78, 5) is 11.5. The summed E-state index contributed by atoms with van der Waals surface area (Å²) in [6.45, 7) is 5.14. The molecule has 0 aliphatic rings. The highest BCUT2D eigenvalue weighted by atomic mass is 32.2. The van der Waals surface area contributed by atoms with E-state index in [1.807, 2.05) is 16.7 Å². The first-order valence-electron chi connectivity index (χ1n) is 8.52. The fraction of sp³-hybridized carbons (Fsp3) is 0.316. The zero-order valence-electron chi connectivity index (χ0n) is 15.6. The lowest BCUT2D eigenvalue weighted by Gasteiger charge is -2.12. The smallest absolute Gasteiger partial charge is 0.316 e. The summed E-state index contributed by atoms with van der Waals surface area (Å²) in [5.74, 6) is 1.43. The van der Waals surface area contributed by atoms with Crippen LogP contribution in [-0.4, -0.2) is 33.6 Å². The van der Waals surface area contributed by atoms with Crippen LogP contribution in [0.1, 0.15) is 22.7 Å². The minimum absolute atomic E-state index is 0.178. The van der Waals surface area contributed by atoms with Gasteiger partial charge in [-0.3, -0.25) is 9.36 Å². The van der Waals surface area contributed by atoms with Crippen molar-refractivity contribution in [1.29, 1.82) is 0 Å². The highest BCUT2D eigenvalue weighted by molar-refractivity contribution is 7.99. The second-order valence-corrected chi connectivity index (χ2v) is 7.04. The van der Waals surface area contributed by atoms with Crippen molar-refractivity contribution >= 4 is 23.4 Å². The van der Waals surface area contributed by atoms with E-state index in [-0.39, 0.29) is 11.7 Å². The molecule has 3 rings (SSSR count). The summed E-state index contributed by atoms with van der Waals surface area (Å²) in [6.07, 6.45) is 1.63. The van der Waals surface area contributed by atoms with Gasteiger partial charge in [0.05, 0.1) is 32.2 Å². The number of anilines is 1. The molecule has 0 saturated carbocycles. The second kappa shape index (κ2) is 8.77. The van der Waals surface area contributed by atoms with Crippen molar-refractivity contribution in [2.24, 2.45) is 0 Å². The van der Waals surface area contributed by atoms with Crippen LogP contribution in [0.5, 0.6) is 0 Å². The maximum atomic E-state index is 11.5. The first-order chi connectivity index (χ1) is 13.1. The predicted molar refractivity (Wildman–Crippen MR) is 104 cm³/mol. The number of rotatable bonds is 8. The van der Waals surface area contributed by atoms with Crippen molar-refractivity contribution in [3.8, 4) is 0 Å². The fourth-order valence-corrected chi connectivity index (χ4v) is 3.43. The predicted octanol–water partition coefficient (Wildman–Crippen LogP) is 3.41. The lowest BCUT2D eigenvalue weighted by Crippen LogP contribution is -2.12. The van der Waals surface area contributed by atoms with E-state index in [0.717, 1.165) is 17.3 Å². The molecule has 2 aromatic heterocycles. The van der Waals surface area contributed by atoms with Crippen LogP contribution in [0.3, 0.4) is 0 Å². The van der Waals surface area contributed by atoms with Gasteiger partial charge in [-0.25, -0.2) is 0 Å². The summed E-state index contributed by atoms with van der Waals surface area (Å²) >= 11 is 1.29. The Hall–Kier alpha value is -2.74. The first kappa shape index (κ1) is 19.0. The number of hydrogen-bond donors (Lipinski definition) is 1. The molecule has 8 heteroatoms. The molecule has 0 fully saturated rings. The second-order valence-electron chi connectivity index (χ2n) is 6.10. The molecule has 1 aromatic carbocycles. The van der Waals surface area contributed by atoms with Crippen molar-refractivity contribution in [1.82, 2.24) is 14.8 Å². The number of esters is 1. The number of aromatic nitrogens is 3. The summed E-state index contributed by atoms with van der Waals surface area (Å²) in [6, 6.07) is 10.0. The number of hydrogen-bond acceptors (Lipinski definition) is 7. The van der Waals surface area contributed by atoms with Crippen molar-refractivity contribution in [2.75, 3.05) is 18.2 Å². The summed E-state index contributed by atoms with van der Waals surface area (Å²) < 4.78 is 12.1. The zero-order chi connectivity index (χ0) is 19.2. The van der Waals surface area contributed by atoms with Gasteiger partial charge in [0.1, 0.15) is 5.76 Å². The number of methoxy groups -OCH3 is 1. The molecule has 0 saturated heterocycles. The molecule has 0 bridgehead atoms. The largest absolute Gasteiger partial charge is 0.468 e. The third-order valence-corrected chi connectivity index (χ3v) is 4.99. The van der Waals surface area contributed by atoms with Crippen LogP contribution in [-0.2, 0) is 22.6 Å². The molecule has 0 unspecified atom stereocenters. The van der Waals surface area contributed by atoms with E-state index < -0.39 is 0 Å². The van der Waals surface area contributed by atoms with Gasteiger partial charge in [-0.1, -0.05) is 29.5 Å². The summed E-state index contributed by atoms with van der Waals surface area (Å²) in [5.41, 5.74) is 3.45. The van der Waals surface area contributed by atoms with E-state index in [0.29, 0.717) is 18.2 Å². The Bertz CT molecular complexity index is 906. The number of ether oxygens (including phenoxy) is 1. The number of carbonyl (C=O) groups excluding carboxylic acids is 1. The molecule has 27 heavy (non-hydrogen) atoms. The fourth-order valence-electron chi connectivity index (χ4n) is 2.64. The van der Waals surface area contributed by atoms with E-state index >= 15 is 0 Å². The number of benzene rings is 1. The molecule has 1 N–H and O–H groups in total. The van der Waals surface area contributed by atoms with E-state index in [9.17, 15) is 4.79 Å². The third-order valence-electron chi connectivity index (χ3n) is 4.05. The average molecular weight is 386 g/mol. The monoisotopic (exact) mass is 386 g/mol. The Morgan fingerprint density at radius 1 is 1.30 bits per heavy atom. The highest BCUT2D eigenvalue weighted by Crippen LogP contribution is 2.21. The van der Waals surface area contributed by atoms with Crippen LogP contribution in [0.25, 0.3) is 0 Å². The number of nitrogens with zero attached hydrogens (tertiary/aromatic N) is 3. The molecule has 0 spiro atoms. The van der Waals surface area contributed by atoms with E-state index in [1.165, 1.54) is 30.0 Å². The Labute approximate surface area is 162 Å². The Balaban J connectivity index is 1.78. The van der Waals surface area contributed by atoms with Crippen LogP contribution in [0.15, 0.2) is 46.2 Å². The van der Waals surface area contributed by atoms with Crippen molar-refractivity contribution < 1.29 is 13.9 Å². The van der Waals surface area contributed by atoms with Gasteiger partial charge in [0.25, 0.3) is 0 Å². The number of furan rings is 1. The minimum Gasteiger partial charge on any atom is -0.468 e. The van der Waals surface area contributed by atoms with Crippen LogP contribution < -0.4 is 5.32 Å². The number of aryl methyl sites for hydroxylation is 2. The average Bonchev–Trinajstić information content (AvgIpc) is 3.30. The maximum Gasteiger partial charge on any atom is 0.316 e. The summed E-state index contributed by atoms with van der Waals surface area (Å²) in [7, 11) is 1.37. The van der Waals surface area contributed by atoms with Gasteiger partial charge >= 0.3 is 5.97 Å². The molecule has 3 aromatic rings. The quantitative estimate of drug-likeness (QED) is 0.469. The van der Waals surface area contributed by atoms with Gasteiger partial charge in [0.2, 0.25) is 0 Å². The topological polar surface area (TPSA) is 82.2 Å². The van der Waals surface area contributed by atoms with E-state index in [1.54, 1.807) is 6.26 Å². The minimum atomic E-state index is -0.303. The molecule has 142 valence electrons. The number of carbonyl (C=O) groups is 1. The van der Waals surface area contributed by atoms with E-state index in [4.69, 9.17) is 9.15 Å². The van der Waals surface area contributed by atoms with Crippen LogP contribution in [0.2, 0.25) is 0 Å². The van der Waals surface area contributed by atoms with Gasteiger partial charge < -0.3 is 14.5 Å². The van der Waals surface area contributed by atoms with Gasteiger partial charge in [0, 0.05) is 5.69 Å². The molecule has 0 atom stereocenters. The standard InChI is InChI=1S/C19H22N4O3S/c1-13-6-7-16(14(2)9-13)20-10-17-21-22-19(27-12-18(24)25-3)23(17)11-15-5-4-8-26-15/h4-9,20H,10-12H2,1-3H3. The Kier molecular flexibility index (Phi) is 6.18. The molecule has 0 radical (unpaired) electrons. The van der Waals surface area contributed by atoms with E-state index in [2.05, 4.69) is 47.6 Å². The third kappa shape index (κ3) is 4.91. The van der Waals surface area contributed by atoms with Crippen molar-refractivity contribution in [3.05, 3.63) is 59.3 Å². The molecule has 0 aliphatic heterocycles. The first-order valence-corrected chi connectivity index (χ1v) is 9.50. The number of thioether (sulfide) groups is 1. The lowest BCUT2D eigenvalue weighted by molar-refractivity contribution is -0.137.